The summed E-state index contributed by atoms with van der Waals surface area (Å²) >= 11 is 0. The van der Waals surface area contributed by atoms with Gasteiger partial charge in [0, 0.05) is 38.1 Å². The zero-order chi connectivity index (χ0) is 20.1. The molecule has 8 heteroatoms. The highest BCUT2D eigenvalue weighted by Crippen LogP contribution is 2.21. The minimum absolute atomic E-state index is 0.171. The molecule has 1 saturated heterocycles. The molecule has 0 atom stereocenters. The van der Waals surface area contributed by atoms with Crippen LogP contribution in [0.2, 0.25) is 0 Å². The Balaban J connectivity index is 1.66. The molecule has 0 saturated carbocycles. The van der Waals surface area contributed by atoms with Gasteiger partial charge in [-0.15, -0.1) is 0 Å². The molecule has 1 N–H and O–H groups in total. The van der Waals surface area contributed by atoms with Gasteiger partial charge in [0.15, 0.2) is 0 Å². The monoisotopic (exact) mass is 383 g/mol. The molecule has 2 heterocycles. The molecule has 148 valence electrons. The molecule has 2 amide bonds. The van der Waals surface area contributed by atoms with Gasteiger partial charge in [0.25, 0.3) is 5.91 Å². The molecule has 0 spiro atoms. The van der Waals surface area contributed by atoms with E-state index in [4.69, 9.17) is 4.74 Å². The Hall–Kier alpha value is -3.16. The number of carbonyl (C=O) groups is 2. The van der Waals surface area contributed by atoms with Gasteiger partial charge in [0.2, 0.25) is 5.95 Å². The molecule has 0 bridgehead atoms. The summed E-state index contributed by atoms with van der Waals surface area (Å²) in [6.45, 7) is 7.97. The molecular formula is C20H25N5O3. The predicted molar refractivity (Wildman–Crippen MR) is 106 cm³/mol. The number of ether oxygens (including phenoxy) is 1. The summed E-state index contributed by atoms with van der Waals surface area (Å²) < 4.78 is 5.01. The first-order valence-electron chi connectivity index (χ1n) is 9.37. The molecule has 1 aromatic carbocycles. The van der Waals surface area contributed by atoms with E-state index in [1.165, 1.54) is 0 Å². The van der Waals surface area contributed by atoms with Crippen LogP contribution >= 0.6 is 0 Å². The number of nitrogens with zero attached hydrogens (tertiary/aromatic N) is 4. The fraction of sp³-hybridized carbons (Fsp3) is 0.400. The molecule has 1 aliphatic heterocycles. The number of rotatable bonds is 4. The van der Waals surface area contributed by atoms with Gasteiger partial charge < -0.3 is 19.9 Å². The first-order chi connectivity index (χ1) is 13.5. The van der Waals surface area contributed by atoms with Gasteiger partial charge in [-0.1, -0.05) is 12.1 Å². The van der Waals surface area contributed by atoms with Crippen LogP contribution in [0.3, 0.4) is 0 Å². The summed E-state index contributed by atoms with van der Waals surface area (Å²) in [6.07, 6.45) is 1.24. The van der Waals surface area contributed by atoms with E-state index in [1.807, 2.05) is 32.0 Å². The maximum Gasteiger partial charge on any atom is 0.409 e. The SMILES string of the molecule is CCOC(=O)N1CCN(C(=O)c2ccnc(Nc3cccc(C)c3C)n2)CC1. The van der Waals surface area contributed by atoms with Gasteiger partial charge in [0.05, 0.1) is 6.61 Å². The maximum absolute atomic E-state index is 12.8. The van der Waals surface area contributed by atoms with Crippen LogP contribution in [0.15, 0.2) is 30.5 Å². The van der Waals surface area contributed by atoms with Crippen LogP contribution in [-0.2, 0) is 4.74 Å². The number of nitrogens with one attached hydrogen (secondary N) is 1. The summed E-state index contributed by atoms with van der Waals surface area (Å²) in [5.41, 5.74) is 3.51. The Labute approximate surface area is 164 Å². The van der Waals surface area contributed by atoms with Crippen LogP contribution in [0.4, 0.5) is 16.4 Å². The number of hydrogen-bond acceptors (Lipinski definition) is 6. The fourth-order valence-corrected chi connectivity index (χ4v) is 3.01. The summed E-state index contributed by atoms with van der Waals surface area (Å²) in [4.78, 5) is 36.5. The number of anilines is 2. The van der Waals surface area contributed by atoms with Crippen LogP contribution in [0.5, 0.6) is 0 Å². The number of amides is 2. The predicted octanol–water partition coefficient (Wildman–Crippen LogP) is 2.75. The van der Waals surface area contributed by atoms with E-state index in [1.54, 1.807) is 29.0 Å². The Kier molecular flexibility index (Phi) is 6.08. The van der Waals surface area contributed by atoms with E-state index in [-0.39, 0.29) is 12.0 Å². The van der Waals surface area contributed by atoms with E-state index in [0.29, 0.717) is 44.4 Å². The van der Waals surface area contributed by atoms with Crippen molar-refractivity contribution < 1.29 is 14.3 Å². The van der Waals surface area contributed by atoms with Crippen LogP contribution < -0.4 is 5.32 Å². The van der Waals surface area contributed by atoms with Gasteiger partial charge in [-0.05, 0) is 44.0 Å². The zero-order valence-corrected chi connectivity index (χ0v) is 16.4. The lowest BCUT2D eigenvalue weighted by Gasteiger charge is -2.33. The quantitative estimate of drug-likeness (QED) is 0.873. The Morgan fingerprint density at radius 1 is 1.11 bits per heavy atom. The van der Waals surface area contributed by atoms with Crippen molar-refractivity contribution in [3.63, 3.8) is 0 Å². The Morgan fingerprint density at radius 3 is 2.54 bits per heavy atom. The van der Waals surface area contributed by atoms with Crippen molar-refractivity contribution in [2.45, 2.75) is 20.8 Å². The molecule has 1 fully saturated rings. The van der Waals surface area contributed by atoms with Crippen molar-refractivity contribution in [1.82, 2.24) is 19.8 Å². The van der Waals surface area contributed by atoms with E-state index >= 15 is 0 Å². The topological polar surface area (TPSA) is 87.7 Å². The van der Waals surface area contributed by atoms with Crippen molar-refractivity contribution in [2.75, 3.05) is 38.1 Å². The standard InChI is InChI=1S/C20H25N5O3/c1-4-28-20(27)25-12-10-24(11-13-25)18(26)17-8-9-21-19(23-17)22-16-7-5-6-14(2)15(16)3/h5-9H,4,10-13H2,1-3H3,(H,21,22,23). The molecule has 2 aromatic rings. The molecule has 3 rings (SSSR count). The van der Waals surface area contributed by atoms with Crippen LogP contribution in [0.25, 0.3) is 0 Å². The van der Waals surface area contributed by atoms with Gasteiger partial charge >= 0.3 is 6.09 Å². The molecule has 0 aliphatic carbocycles. The van der Waals surface area contributed by atoms with E-state index < -0.39 is 0 Å². The normalized spacial score (nSPS) is 14.0. The molecular weight excluding hydrogens is 358 g/mol. The highest BCUT2D eigenvalue weighted by Gasteiger charge is 2.26. The first kappa shape index (κ1) is 19.6. The van der Waals surface area contributed by atoms with Crippen molar-refractivity contribution in [1.29, 1.82) is 0 Å². The fourth-order valence-electron chi connectivity index (χ4n) is 3.01. The lowest BCUT2D eigenvalue weighted by Crippen LogP contribution is -2.50. The Morgan fingerprint density at radius 2 is 1.82 bits per heavy atom. The third-order valence-electron chi connectivity index (χ3n) is 4.82. The number of aromatic nitrogens is 2. The lowest BCUT2D eigenvalue weighted by atomic mass is 10.1. The minimum atomic E-state index is -0.336. The van der Waals surface area contributed by atoms with Crippen LogP contribution in [-0.4, -0.2) is 64.6 Å². The van der Waals surface area contributed by atoms with E-state index in [2.05, 4.69) is 15.3 Å². The summed E-state index contributed by atoms with van der Waals surface area (Å²) in [7, 11) is 0. The molecule has 1 aliphatic rings. The highest BCUT2D eigenvalue weighted by atomic mass is 16.6. The molecule has 8 nitrogen and oxygen atoms in total. The Bertz CT molecular complexity index is 863. The van der Waals surface area contributed by atoms with Crippen LogP contribution in [0.1, 0.15) is 28.5 Å². The number of hydrogen-bond donors (Lipinski definition) is 1. The molecule has 0 unspecified atom stereocenters. The largest absolute Gasteiger partial charge is 0.450 e. The van der Waals surface area contributed by atoms with Crippen LogP contribution in [0, 0.1) is 13.8 Å². The minimum Gasteiger partial charge on any atom is -0.450 e. The summed E-state index contributed by atoms with van der Waals surface area (Å²) in [5.74, 6) is 0.208. The number of aryl methyl sites for hydroxylation is 1. The average molecular weight is 383 g/mol. The molecule has 0 radical (unpaired) electrons. The molecule has 28 heavy (non-hydrogen) atoms. The van der Waals surface area contributed by atoms with Gasteiger partial charge in [-0.3, -0.25) is 4.79 Å². The number of piperazine rings is 1. The van der Waals surface area contributed by atoms with Gasteiger partial charge in [0.1, 0.15) is 5.69 Å². The third-order valence-corrected chi connectivity index (χ3v) is 4.82. The lowest BCUT2D eigenvalue weighted by molar-refractivity contribution is 0.0566. The van der Waals surface area contributed by atoms with Crippen molar-refractivity contribution in [3.8, 4) is 0 Å². The van der Waals surface area contributed by atoms with E-state index in [0.717, 1.165) is 16.8 Å². The summed E-state index contributed by atoms with van der Waals surface area (Å²) in [5, 5.41) is 3.18. The van der Waals surface area contributed by atoms with Crippen molar-refractivity contribution in [2.24, 2.45) is 0 Å². The van der Waals surface area contributed by atoms with Gasteiger partial charge in [-0.25, -0.2) is 14.8 Å². The smallest absolute Gasteiger partial charge is 0.409 e. The second-order valence-corrected chi connectivity index (χ2v) is 6.62. The second-order valence-electron chi connectivity index (χ2n) is 6.62. The second kappa shape index (κ2) is 8.69. The van der Waals surface area contributed by atoms with E-state index in [9.17, 15) is 9.59 Å². The molecule has 1 aromatic heterocycles. The zero-order valence-electron chi connectivity index (χ0n) is 16.4. The number of carbonyl (C=O) groups excluding carboxylic acids is 2. The highest BCUT2D eigenvalue weighted by molar-refractivity contribution is 5.92. The number of benzene rings is 1. The average Bonchev–Trinajstić information content (AvgIpc) is 2.71. The van der Waals surface area contributed by atoms with Gasteiger partial charge in [-0.2, -0.15) is 0 Å². The first-order valence-corrected chi connectivity index (χ1v) is 9.37. The maximum atomic E-state index is 12.8. The third kappa shape index (κ3) is 4.39. The van der Waals surface area contributed by atoms with Crippen molar-refractivity contribution in [3.05, 3.63) is 47.3 Å². The summed E-state index contributed by atoms with van der Waals surface area (Å²) in [6, 6.07) is 7.56. The van der Waals surface area contributed by atoms with Crippen molar-refractivity contribution >= 4 is 23.6 Å².